The number of benzene rings is 9. The lowest BCUT2D eigenvalue weighted by atomic mass is 9.92. The zero-order chi connectivity index (χ0) is 39.6. The van der Waals surface area contributed by atoms with Gasteiger partial charge in [0, 0.05) is 38.4 Å². The van der Waals surface area contributed by atoms with Crippen LogP contribution in [0.2, 0.25) is 0 Å². The highest BCUT2D eigenvalue weighted by Crippen LogP contribution is 2.38. The molecule has 3 heterocycles. The lowest BCUT2D eigenvalue weighted by molar-refractivity contribution is 1.23. The van der Waals surface area contributed by atoms with Crippen molar-refractivity contribution >= 4 is 65.0 Å². The van der Waals surface area contributed by atoms with Crippen molar-refractivity contribution in [2.45, 2.75) is 0 Å². The Kier molecular flexibility index (Phi) is 7.82. The largest absolute Gasteiger partial charge is 0.245 e. The van der Waals surface area contributed by atoms with Crippen molar-refractivity contribution in [2.24, 2.45) is 0 Å². The predicted octanol–water partition coefficient (Wildman–Crippen LogP) is 14.5. The molecule has 0 aliphatic heterocycles. The minimum absolute atomic E-state index is 0.681. The number of hydrogen-bond donors (Lipinski definition) is 0. The van der Waals surface area contributed by atoms with Crippen molar-refractivity contribution in [2.75, 3.05) is 0 Å². The molecule has 3 aromatic heterocycles. The van der Waals surface area contributed by atoms with Crippen LogP contribution >= 0.6 is 0 Å². The summed E-state index contributed by atoms with van der Waals surface area (Å²) in [5.41, 5.74) is 11.8. The van der Waals surface area contributed by atoms with Crippen LogP contribution in [-0.4, -0.2) is 19.9 Å². The van der Waals surface area contributed by atoms with Crippen molar-refractivity contribution in [3.63, 3.8) is 0 Å². The van der Waals surface area contributed by atoms with E-state index < -0.39 is 0 Å². The fraction of sp³-hybridized carbons (Fsp3) is 0. The first kappa shape index (κ1) is 34.0. The summed E-state index contributed by atoms with van der Waals surface area (Å²) < 4.78 is 0. The first-order chi connectivity index (χ1) is 29.7. The van der Waals surface area contributed by atoms with E-state index >= 15 is 0 Å². The SMILES string of the molecule is c1ccc(-c2nc(-c3cccc(-c4ccc5ccc6ccc(-c7ccc(-c8ccc9c%10ccccc%10c%10ccccc%10c9c8)cc7)nc6c5n4)c3)nc3ccccc23)cc1. The summed E-state index contributed by atoms with van der Waals surface area (Å²) in [4.78, 5) is 20.7. The highest BCUT2D eigenvalue weighted by molar-refractivity contribution is 6.25. The van der Waals surface area contributed by atoms with Gasteiger partial charge >= 0.3 is 0 Å². The van der Waals surface area contributed by atoms with Crippen LogP contribution in [0.4, 0.5) is 0 Å². The van der Waals surface area contributed by atoms with Crippen LogP contribution in [0.1, 0.15) is 0 Å². The zero-order valence-electron chi connectivity index (χ0n) is 32.4. The number of para-hydroxylation sites is 1. The maximum Gasteiger partial charge on any atom is 0.160 e. The van der Waals surface area contributed by atoms with E-state index in [9.17, 15) is 0 Å². The molecule has 0 saturated heterocycles. The van der Waals surface area contributed by atoms with Gasteiger partial charge in [-0.15, -0.1) is 0 Å². The molecule has 0 aliphatic carbocycles. The number of hydrogen-bond acceptors (Lipinski definition) is 4. The fourth-order valence-corrected chi connectivity index (χ4v) is 8.85. The van der Waals surface area contributed by atoms with E-state index in [1.54, 1.807) is 0 Å². The van der Waals surface area contributed by atoms with Gasteiger partial charge in [-0.05, 0) is 73.8 Å². The zero-order valence-corrected chi connectivity index (χ0v) is 32.4. The van der Waals surface area contributed by atoms with Crippen molar-refractivity contribution < 1.29 is 0 Å². The Morgan fingerprint density at radius 3 is 1.43 bits per heavy atom. The Morgan fingerprint density at radius 2 is 0.750 bits per heavy atom. The molecule has 0 aliphatic rings. The number of pyridine rings is 2. The van der Waals surface area contributed by atoms with Crippen molar-refractivity contribution in [1.82, 2.24) is 19.9 Å². The molecule has 0 N–H and O–H groups in total. The molecule has 0 amide bonds. The van der Waals surface area contributed by atoms with Gasteiger partial charge in [0.25, 0.3) is 0 Å². The minimum Gasteiger partial charge on any atom is -0.245 e. The summed E-state index contributed by atoms with van der Waals surface area (Å²) in [6, 6.07) is 72.7. The topological polar surface area (TPSA) is 51.6 Å². The molecule has 0 spiro atoms. The molecule has 0 bridgehead atoms. The summed E-state index contributed by atoms with van der Waals surface area (Å²) in [5, 5.41) is 10.8. The molecule has 0 atom stereocenters. The molecule has 0 radical (unpaired) electrons. The summed E-state index contributed by atoms with van der Waals surface area (Å²) in [6.45, 7) is 0. The van der Waals surface area contributed by atoms with E-state index in [1.165, 1.54) is 43.4 Å². The van der Waals surface area contributed by atoms with Crippen LogP contribution in [0.15, 0.2) is 206 Å². The molecular formula is C56H34N4. The van der Waals surface area contributed by atoms with Gasteiger partial charge in [0.2, 0.25) is 0 Å². The Hall–Kier alpha value is -8.08. The molecule has 0 fully saturated rings. The van der Waals surface area contributed by atoms with Gasteiger partial charge in [-0.2, -0.15) is 0 Å². The van der Waals surface area contributed by atoms with E-state index in [4.69, 9.17) is 19.9 Å². The molecular weight excluding hydrogens is 729 g/mol. The van der Waals surface area contributed by atoms with E-state index in [0.717, 1.165) is 72.0 Å². The first-order valence-corrected chi connectivity index (χ1v) is 20.3. The quantitative estimate of drug-likeness (QED) is 0.164. The molecule has 12 rings (SSSR count). The van der Waals surface area contributed by atoms with Gasteiger partial charge in [0.1, 0.15) is 0 Å². The van der Waals surface area contributed by atoms with E-state index in [-0.39, 0.29) is 0 Å². The Bertz CT molecular complexity index is 3620. The molecule has 12 aromatic rings. The molecule has 278 valence electrons. The van der Waals surface area contributed by atoms with Crippen LogP contribution in [-0.2, 0) is 0 Å². The highest BCUT2D eigenvalue weighted by atomic mass is 14.9. The third-order valence-electron chi connectivity index (χ3n) is 11.8. The van der Waals surface area contributed by atoms with E-state index in [0.29, 0.717) is 5.82 Å². The number of rotatable bonds is 5. The normalized spacial score (nSPS) is 11.7. The van der Waals surface area contributed by atoms with E-state index in [2.05, 4.69) is 176 Å². The van der Waals surface area contributed by atoms with Crippen LogP contribution in [0.25, 0.3) is 121 Å². The van der Waals surface area contributed by atoms with Gasteiger partial charge in [0.05, 0.1) is 33.6 Å². The van der Waals surface area contributed by atoms with Gasteiger partial charge in [-0.3, -0.25) is 0 Å². The van der Waals surface area contributed by atoms with Crippen LogP contribution in [0.3, 0.4) is 0 Å². The van der Waals surface area contributed by atoms with E-state index in [1.807, 2.05) is 30.3 Å². The minimum atomic E-state index is 0.681. The lowest BCUT2D eigenvalue weighted by Crippen LogP contribution is -1.95. The maximum atomic E-state index is 5.27. The van der Waals surface area contributed by atoms with Gasteiger partial charge < -0.3 is 0 Å². The van der Waals surface area contributed by atoms with Crippen LogP contribution < -0.4 is 0 Å². The van der Waals surface area contributed by atoms with Crippen LogP contribution in [0.5, 0.6) is 0 Å². The monoisotopic (exact) mass is 762 g/mol. The molecule has 0 unspecified atom stereocenters. The molecule has 4 heteroatoms. The number of nitrogens with zero attached hydrogens (tertiary/aromatic N) is 4. The Morgan fingerprint density at radius 1 is 0.250 bits per heavy atom. The summed E-state index contributed by atoms with van der Waals surface area (Å²) in [5.74, 6) is 0.681. The first-order valence-electron chi connectivity index (χ1n) is 20.3. The fourth-order valence-electron chi connectivity index (χ4n) is 8.85. The van der Waals surface area contributed by atoms with Gasteiger partial charge in [0.15, 0.2) is 5.82 Å². The summed E-state index contributed by atoms with van der Waals surface area (Å²) in [6.07, 6.45) is 0. The second-order valence-electron chi connectivity index (χ2n) is 15.4. The average Bonchev–Trinajstić information content (AvgIpc) is 3.33. The second-order valence-corrected chi connectivity index (χ2v) is 15.4. The third kappa shape index (κ3) is 5.69. The number of aromatic nitrogens is 4. The second kappa shape index (κ2) is 13.8. The maximum absolute atomic E-state index is 5.27. The highest BCUT2D eigenvalue weighted by Gasteiger charge is 2.15. The summed E-state index contributed by atoms with van der Waals surface area (Å²) in [7, 11) is 0. The van der Waals surface area contributed by atoms with Crippen molar-refractivity contribution in [3.05, 3.63) is 206 Å². The Labute approximate surface area is 346 Å². The third-order valence-corrected chi connectivity index (χ3v) is 11.8. The van der Waals surface area contributed by atoms with Crippen molar-refractivity contribution in [3.8, 4) is 56.3 Å². The molecule has 4 nitrogen and oxygen atoms in total. The predicted molar refractivity (Wildman–Crippen MR) is 250 cm³/mol. The van der Waals surface area contributed by atoms with Gasteiger partial charge in [-0.25, -0.2) is 19.9 Å². The molecule has 0 saturated carbocycles. The summed E-state index contributed by atoms with van der Waals surface area (Å²) >= 11 is 0. The number of fused-ring (bicyclic) bond motifs is 10. The lowest BCUT2D eigenvalue weighted by Gasteiger charge is -2.12. The standard InChI is InChI=1S/C56H34N4/c1-2-11-37(12-3-1)53-48-19-8-9-20-52(48)59-56(60-53)42-14-10-13-41(33-42)51-32-29-39-26-25-38-28-31-50(57-54(38)55(39)58-51)36-23-21-35(22-24-36)40-27-30-47-45-17-5-4-15-43(45)44-16-6-7-18-46(44)49(47)34-40/h1-34H. The van der Waals surface area contributed by atoms with Crippen LogP contribution in [0, 0.1) is 0 Å². The Balaban J connectivity index is 0.904. The average molecular weight is 763 g/mol. The molecule has 9 aromatic carbocycles. The van der Waals surface area contributed by atoms with Crippen molar-refractivity contribution in [1.29, 1.82) is 0 Å². The van der Waals surface area contributed by atoms with Gasteiger partial charge in [-0.1, -0.05) is 176 Å². The molecule has 60 heavy (non-hydrogen) atoms. The smallest absolute Gasteiger partial charge is 0.160 e.